The summed E-state index contributed by atoms with van der Waals surface area (Å²) in [5, 5.41) is 11.6. The Morgan fingerprint density at radius 1 is 0.935 bits per heavy atom. The second-order valence-corrected chi connectivity index (χ2v) is 7.56. The predicted molar refractivity (Wildman–Crippen MR) is 117 cm³/mol. The molecule has 6 heterocycles. The molecular formula is C23H22N6O2. The van der Waals surface area contributed by atoms with Crippen LogP contribution < -0.4 is 10.1 Å². The van der Waals surface area contributed by atoms with Crippen molar-refractivity contribution in [1.29, 1.82) is 0 Å². The van der Waals surface area contributed by atoms with E-state index in [9.17, 15) is 4.79 Å². The Hall–Kier alpha value is -3.81. The lowest BCUT2D eigenvalue weighted by molar-refractivity contribution is -0.119. The Kier molecular flexibility index (Phi) is 5.26. The van der Waals surface area contributed by atoms with E-state index in [0.29, 0.717) is 42.3 Å². The Morgan fingerprint density at radius 3 is 2.58 bits per heavy atom. The molecule has 8 rings (SSSR count). The normalized spacial score (nSPS) is 14.9. The Morgan fingerprint density at radius 2 is 1.74 bits per heavy atom. The van der Waals surface area contributed by atoms with Crippen molar-refractivity contribution in [1.82, 2.24) is 25.0 Å². The van der Waals surface area contributed by atoms with Gasteiger partial charge in [0.25, 0.3) is 0 Å². The fourth-order valence-corrected chi connectivity index (χ4v) is 3.59. The number of nitrogens with zero attached hydrogens (tertiary/aromatic N) is 5. The highest BCUT2D eigenvalue weighted by molar-refractivity contribution is 5.78. The molecule has 4 aliphatic rings. The molecule has 156 valence electrons. The smallest absolute Gasteiger partial charge is 0.229 e. The number of rotatable bonds is 0. The highest BCUT2D eigenvalue weighted by Gasteiger charge is 2.11. The lowest BCUT2D eigenvalue weighted by Crippen LogP contribution is -2.06. The molecule has 31 heavy (non-hydrogen) atoms. The highest BCUT2D eigenvalue weighted by atomic mass is 16.5. The van der Waals surface area contributed by atoms with Gasteiger partial charge in [0.1, 0.15) is 11.5 Å². The zero-order valence-corrected chi connectivity index (χ0v) is 17.0. The minimum atomic E-state index is 0.241. The van der Waals surface area contributed by atoms with Gasteiger partial charge in [-0.15, -0.1) is 5.10 Å². The van der Waals surface area contributed by atoms with Crippen LogP contribution in [0.1, 0.15) is 31.2 Å². The minimum absolute atomic E-state index is 0.241. The number of anilines is 2. The van der Waals surface area contributed by atoms with Gasteiger partial charge < -0.3 is 10.1 Å². The summed E-state index contributed by atoms with van der Waals surface area (Å²) < 4.78 is 7.41. The van der Waals surface area contributed by atoms with Gasteiger partial charge in [-0.25, -0.2) is 4.98 Å². The third-order valence-electron chi connectivity index (χ3n) is 5.30. The van der Waals surface area contributed by atoms with Crippen molar-refractivity contribution in [2.24, 2.45) is 0 Å². The molecule has 2 aromatic heterocycles. The fraction of sp³-hybridized carbons (Fsp3) is 0.261. The summed E-state index contributed by atoms with van der Waals surface area (Å²) in [6.07, 6.45) is 5.50. The molecule has 0 fully saturated rings. The zero-order valence-electron chi connectivity index (χ0n) is 17.0. The number of nitrogens with one attached hydrogen (secondary N) is 1. The first-order valence-electron chi connectivity index (χ1n) is 10.4. The van der Waals surface area contributed by atoms with Crippen molar-refractivity contribution in [2.75, 3.05) is 11.9 Å². The van der Waals surface area contributed by atoms with Crippen molar-refractivity contribution in [2.45, 2.75) is 32.1 Å². The SMILES string of the molecule is O=C1CCCCc2ccc(cc2)Nc2ncc3nnn(c3n2)-c2ccc(cc2)OCC1. The number of hydrogen-bond donors (Lipinski definition) is 1. The lowest BCUT2D eigenvalue weighted by atomic mass is 10.0. The van der Waals surface area contributed by atoms with E-state index < -0.39 is 0 Å². The second kappa shape index (κ2) is 8.51. The van der Waals surface area contributed by atoms with Crippen molar-refractivity contribution in [3.05, 3.63) is 60.3 Å². The average Bonchev–Trinajstić information content (AvgIpc) is 3.21. The molecule has 6 bridgehead atoms. The third kappa shape index (κ3) is 4.37. The molecule has 0 saturated heterocycles. The topological polar surface area (TPSA) is 94.8 Å². The molecule has 0 atom stereocenters. The van der Waals surface area contributed by atoms with E-state index in [-0.39, 0.29) is 5.78 Å². The first kappa shape index (κ1) is 19.2. The summed E-state index contributed by atoms with van der Waals surface area (Å²) in [5.41, 5.74) is 4.18. The van der Waals surface area contributed by atoms with E-state index in [1.807, 2.05) is 36.4 Å². The van der Waals surface area contributed by atoms with Gasteiger partial charge >= 0.3 is 0 Å². The molecular weight excluding hydrogens is 392 g/mol. The minimum Gasteiger partial charge on any atom is -0.493 e. The van der Waals surface area contributed by atoms with Crippen LogP contribution in [0.5, 0.6) is 5.75 Å². The van der Waals surface area contributed by atoms with E-state index in [0.717, 1.165) is 30.6 Å². The number of ether oxygens (including phenoxy) is 1. The quantitative estimate of drug-likeness (QED) is 0.464. The number of carbonyl (C=O) groups excluding carboxylic acids is 1. The molecule has 8 heteroatoms. The largest absolute Gasteiger partial charge is 0.493 e. The van der Waals surface area contributed by atoms with Crippen molar-refractivity contribution in [3.63, 3.8) is 0 Å². The number of aryl methyl sites for hydroxylation is 1. The van der Waals surface area contributed by atoms with Crippen LogP contribution in [0.25, 0.3) is 16.9 Å². The molecule has 0 saturated carbocycles. The Bertz CT molecular complexity index is 1200. The summed E-state index contributed by atoms with van der Waals surface area (Å²) in [6, 6.07) is 15.7. The summed E-state index contributed by atoms with van der Waals surface area (Å²) in [7, 11) is 0. The van der Waals surface area contributed by atoms with Gasteiger partial charge in [0.05, 0.1) is 18.5 Å². The summed E-state index contributed by atoms with van der Waals surface area (Å²) >= 11 is 0. The van der Waals surface area contributed by atoms with Crippen LogP contribution >= 0.6 is 0 Å². The van der Waals surface area contributed by atoms with Gasteiger partial charge in [-0.2, -0.15) is 9.67 Å². The van der Waals surface area contributed by atoms with Gasteiger partial charge in [-0.3, -0.25) is 4.79 Å². The van der Waals surface area contributed by atoms with E-state index in [2.05, 4.69) is 37.7 Å². The highest BCUT2D eigenvalue weighted by Crippen LogP contribution is 2.21. The number of ketones is 1. The molecule has 4 aliphatic heterocycles. The van der Waals surface area contributed by atoms with E-state index in [1.54, 1.807) is 10.9 Å². The molecule has 0 spiro atoms. The van der Waals surface area contributed by atoms with Crippen LogP contribution in [0.4, 0.5) is 11.6 Å². The molecule has 0 radical (unpaired) electrons. The summed E-state index contributed by atoms with van der Waals surface area (Å²) in [4.78, 5) is 21.1. The zero-order chi connectivity index (χ0) is 21.0. The van der Waals surface area contributed by atoms with Crippen LogP contribution in [-0.4, -0.2) is 37.4 Å². The second-order valence-electron chi connectivity index (χ2n) is 7.56. The first-order valence-corrected chi connectivity index (χ1v) is 10.4. The maximum atomic E-state index is 12.1. The summed E-state index contributed by atoms with van der Waals surface area (Å²) in [6.45, 7) is 0.383. The van der Waals surface area contributed by atoms with Crippen LogP contribution in [-0.2, 0) is 11.2 Å². The first-order chi connectivity index (χ1) is 15.2. The van der Waals surface area contributed by atoms with Crippen LogP contribution in [0.3, 0.4) is 0 Å². The van der Waals surface area contributed by atoms with Crippen LogP contribution in [0, 0.1) is 0 Å². The predicted octanol–water partition coefficient (Wildman–Crippen LogP) is 4.02. The summed E-state index contributed by atoms with van der Waals surface area (Å²) in [5.74, 6) is 1.43. The monoisotopic (exact) mass is 414 g/mol. The number of benzene rings is 2. The number of carbonyl (C=O) groups is 1. The third-order valence-corrected chi connectivity index (χ3v) is 5.30. The maximum absolute atomic E-state index is 12.1. The average molecular weight is 414 g/mol. The van der Waals surface area contributed by atoms with Crippen molar-refractivity contribution < 1.29 is 9.53 Å². The van der Waals surface area contributed by atoms with Crippen LogP contribution in [0.2, 0.25) is 0 Å². The maximum Gasteiger partial charge on any atom is 0.229 e. The van der Waals surface area contributed by atoms with Gasteiger partial charge in [0.2, 0.25) is 5.95 Å². The van der Waals surface area contributed by atoms with Gasteiger partial charge in [-0.05, 0) is 61.2 Å². The van der Waals surface area contributed by atoms with E-state index in [1.165, 1.54) is 5.56 Å². The molecule has 0 aliphatic carbocycles. The van der Waals surface area contributed by atoms with Gasteiger partial charge in [0.15, 0.2) is 11.2 Å². The van der Waals surface area contributed by atoms with E-state index >= 15 is 0 Å². The van der Waals surface area contributed by atoms with Gasteiger partial charge in [0, 0.05) is 18.5 Å². The standard InChI is InChI=1S/C23H22N6O2/c30-19-4-2-1-3-16-5-7-17(8-6-16)25-23-24-15-21-22(26-23)29(28-27-21)18-9-11-20(12-10-18)31-14-13-19/h5-12,15H,1-4,13-14H2,(H,24,25,26). The molecule has 4 aromatic rings. The molecule has 8 nitrogen and oxygen atoms in total. The number of Topliss-reactive ketones (excluding diaryl/α,β-unsaturated/α-hetero) is 1. The number of hydrogen-bond acceptors (Lipinski definition) is 7. The number of aromatic nitrogens is 5. The molecule has 0 unspecified atom stereocenters. The Balaban J connectivity index is 1.48. The van der Waals surface area contributed by atoms with Gasteiger partial charge in [-0.1, -0.05) is 17.3 Å². The molecule has 2 aromatic carbocycles. The fourth-order valence-electron chi connectivity index (χ4n) is 3.59. The van der Waals surface area contributed by atoms with Crippen molar-refractivity contribution >= 4 is 28.6 Å². The van der Waals surface area contributed by atoms with E-state index in [4.69, 9.17) is 4.74 Å². The van der Waals surface area contributed by atoms with Crippen molar-refractivity contribution in [3.8, 4) is 11.4 Å². The lowest BCUT2D eigenvalue weighted by Gasteiger charge is -2.07. The van der Waals surface area contributed by atoms with Crippen LogP contribution in [0.15, 0.2) is 54.7 Å². The Labute approximate surface area is 179 Å². The molecule has 0 amide bonds. The molecule has 1 N–H and O–H groups in total.